The quantitative estimate of drug-likeness (QED) is 0.877. The van der Waals surface area contributed by atoms with Crippen LogP contribution in [0.1, 0.15) is 18.4 Å². The van der Waals surface area contributed by atoms with Crippen molar-refractivity contribution in [1.29, 1.82) is 0 Å². The van der Waals surface area contributed by atoms with E-state index in [1.54, 1.807) is 24.5 Å². The summed E-state index contributed by atoms with van der Waals surface area (Å²) in [6, 6.07) is 11.0. The average molecular weight is 387 g/mol. The molecule has 0 spiro atoms. The highest BCUT2D eigenvalue weighted by molar-refractivity contribution is 6.30. The van der Waals surface area contributed by atoms with Gasteiger partial charge in [-0.25, -0.2) is 0 Å². The summed E-state index contributed by atoms with van der Waals surface area (Å²) < 4.78 is 6.00. The lowest BCUT2D eigenvalue weighted by atomic mass is 9.78. The van der Waals surface area contributed by atoms with E-state index >= 15 is 0 Å². The summed E-state index contributed by atoms with van der Waals surface area (Å²) in [5.41, 5.74) is 0.930. The number of hydrogen-bond acceptors (Lipinski definition) is 4. The van der Waals surface area contributed by atoms with Crippen LogP contribution in [0.5, 0.6) is 5.75 Å². The van der Waals surface area contributed by atoms with Gasteiger partial charge in [0, 0.05) is 30.5 Å². The number of nitrogens with zero attached hydrogens (tertiary/aromatic N) is 2. The number of carbonyl (C=O) groups excluding carboxylic acids is 1. The Morgan fingerprint density at radius 1 is 1.22 bits per heavy atom. The average Bonchev–Trinajstić information content (AvgIpc) is 3.06. The lowest BCUT2D eigenvalue weighted by Crippen LogP contribution is -2.42. The van der Waals surface area contributed by atoms with Crippen molar-refractivity contribution in [3.8, 4) is 5.75 Å². The number of hydrogen-bond donors (Lipinski definition) is 1. The predicted octanol–water partition coefficient (Wildman–Crippen LogP) is 2.95. The van der Waals surface area contributed by atoms with Crippen LogP contribution in [0.2, 0.25) is 5.02 Å². The van der Waals surface area contributed by atoms with Crippen molar-refractivity contribution in [1.82, 2.24) is 9.88 Å². The van der Waals surface area contributed by atoms with Crippen molar-refractivity contribution in [2.75, 3.05) is 13.1 Å². The minimum atomic E-state index is -0.529. The number of pyridine rings is 1. The molecule has 1 aromatic heterocycles. The van der Waals surface area contributed by atoms with Gasteiger partial charge in [-0.15, -0.1) is 0 Å². The fourth-order valence-electron chi connectivity index (χ4n) is 4.22. The maximum atomic E-state index is 12.6. The normalized spacial score (nSPS) is 27.3. The SMILES string of the molecule is O=C(Cc1cccnc1)N1C[C@H]2C[C@@H](Oc3cccc(Cl)c3)[C@H](O)C[C@H]2C1. The number of carbonyl (C=O) groups is 1. The molecule has 6 heteroatoms. The number of aliphatic hydroxyl groups is 1. The number of benzene rings is 1. The highest BCUT2D eigenvalue weighted by atomic mass is 35.5. The van der Waals surface area contributed by atoms with E-state index < -0.39 is 6.10 Å². The van der Waals surface area contributed by atoms with E-state index in [0.29, 0.717) is 42.0 Å². The molecule has 0 unspecified atom stereocenters. The first-order valence-corrected chi connectivity index (χ1v) is 9.73. The minimum absolute atomic E-state index is 0.124. The number of ether oxygens (including phenoxy) is 1. The Bertz CT molecular complexity index is 801. The van der Waals surface area contributed by atoms with E-state index in [-0.39, 0.29) is 12.0 Å². The topological polar surface area (TPSA) is 62.7 Å². The second kappa shape index (κ2) is 7.87. The fraction of sp³-hybridized carbons (Fsp3) is 0.429. The molecule has 1 N–H and O–H groups in total. The monoisotopic (exact) mass is 386 g/mol. The molecule has 1 aromatic carbocycles. The first-order valence-electron chi connectivity index (χ1n) is 9.35. The predicted molar refractivity (Wildman–Crippen MR) is 103 cm³/mol. The second-order valence-corrected chi connectivity index (χ2v) is 7.95. The third kappa shape index (κ3) is 4.25. The lowest BCUT2D eigenvalue weighted by molar-refractivity contribution is -0.129. The Kier molecular flexibility index (Phi) is 5.32. The summed E-state index contributed by atoms with van der Waals surface area (Å²) >= 11 is 6.02. The molecule has 1 amide bonds. The maximum Gasteiger partial charge on any atom is 0.227 e. The van der Waals surface area contributed by atoms with Gasteiger partial charge in [0.15, 0.2) is 0 Å². The van der Waals surface area contributed by atoms with E-state index in [2.05, 4.69) is 4.98 Å². The van der Waals surface area contributed by atoms with Gasteiger partial charge in [0.25, 0.3) is 0 Å². The second-order valence-electron chi connectivity index (χ2n) is 7.51. The number of fused-ring (bicyclic) bond motifs is 1. The number of likely N-dealkylation sites (tertiary alicyclic amines) is 1. The van der Waals surface area contributed by atoms with Crippen LogP contribution < -0.4 is 4.74 Å². The zero-order valence-electron chi connectivity index (χ0n) is 15.0. The van der Waals surface area contributed by atoms with Crippen molar-refractivity contribution in [2.24, 2.45) is 11.8 Å². The van der Waals surface area contributed by atoms with Gasteiger partial charge in [0.1, 0.15) is 11.9 Å². The molecule has 1 saturated heterocycles. The molecule has 5 nitrogen and oxygen atoms in total. The molecule has 0 radical (unpaired) electrons. The molecule has 2 aliphatic rings. The third-order valence-corrected chi connectivity index (χ3v) is 5.83. The Morgan fingerprint density at radius 2 is 2.04 bits per heavy atom. The molecule has 0 bridgehead atoms. The van der Waals surface area contributed by atoms with E-state index in [4.69, 9.17) is 16.3 Å². The Labute approximate surface area is 163 Å². The first-order chi connectivity index (χ1) is 13.1. The summed E-state index contributed by atoms with van der Waals surface area (Å²) in [7, 11) is 0. The smallest absolute Gasteiger partial charge is 0.227 e. The van der Waals surface area contributed by atoms with Crippen LogP contribution in [0.4, 0.5) is 0 Å². The van der Waals surface area contributed by atoms with Crippen LogP contribution in [0.15, 0.2) is 48.8 Å². The van der Waals surface area contributed by atoms with Gasteiger partial charge in [0.05, 0.1) is 12.5 Å². The van der Waals surface area contributed by atoms with Gasteiger partial charge in [-0.3, -0.25) is 9.78 Å². The molecule has 4 atom stereocenters. The summed E-state index contributed by atoms with van der Waals surface area (Å²) in [5.74, 6) is 1.49. The van der Waals surface area contributed by atoms with Crippen LogP contribution in [0.25, 0.3) is 0 Å². The van der Waals surface area contributed by atoms with Gasteiger partial charge < -0.3 is 14.7 Å². The van der Waals surface area contributed by atoms with E-state index in [1.807, 2.05) is 29.2 Å². The molecule has 4 rings (SSSR count). The van der Waals surface area contributed by atoms with Crippen molar-refractivity contribution in [3.05, 3.63) is 59.4 Å². The van der Waals surface area contributed by atoms with Crippen LogP contribution in [-0.4, -0.2) is 46.2 Å². The number of halogens is 1. The molecule has 2 heterocycles. The molecule has 1 aliphatic heterocycles. The molecule has 2 aromatic rings. The van der Waals surface area contributed by atoms with Crippen molar-refractivity contribution in [3.63, 3.8) is 0 Å². The molecule has 1 aliphatic carbocycles. The number of rotatable bonds is 4. The first kappa shape index (κ1) is 18.3. The van der Waals surface area contributed by atoms with Crippen molar-refractivity contribution in [2.45, 2.75) is 31.5 Å². The summed E-state index contributed by atoms with van der Waals surface area (Å²) in [6.45, 7) is 1.44. The molecular weight excluding hydrogens is 364 g/mol. The molecule has 1 saturated carbocycles. The summed E-state index contributed by atoms with van der Waals surface area (Å²) in [5, 5.41) is 11.2. The largest absolute Gasteiger partial charge is 0.488 e. The molecular formula is C21H23ClN2O3. The van der Waals surface area contributed by atoms with Gasteiger partial charge in [-0.05, 0) is 54.5 Å². The highest BCUT2D eigenvalue weighted by Gasteiger charge is 2.43. The van der Waals surface area contributed by atoms with Gasteiger partial charge in [-0.2, -0.15) is 0 Å². The van der Waals surface area contributed by atoms with Crippen LogP contribution in [0.3, 0.4) is 0 Å². The molecule has 142 valence electrons. The number of aliphatic hydroxyl groups excluding tert-OH is 1. The Morgan fingerprint density at radius 3 is 2.78 bits per heavy atom. The number of aromatic nitrogens is 1. The van der Waals surface area contributed by atoms with Crippen LogP contribution >= 0.6 is 11.6 Å². The van der Waals surface area contributed by atoms with Gasteiger partial charge in [0.2, 0.25) is 5.91 Å². The van der Waals surface area contributed by atoms with Crippen LogP contribution in [-0.2, 0) is 11.2 Å². The highest BCUT2D eigenvalue weighted by Crippen LogP contribution is 2.38. The summed E-state index contributed by atoms with van der Waals surface area (Å²) in [4.78, 5) is 18.6. The standard InChI is InChI=1S/C21H23ClN2O3/c22-17-4-1-5-18(10-17)27-20-9-16-13-24(12-15(16)8-19(20)25)21(26)7-14-3-2-6-23-11-14/h1-6,10-11,15-16,19-20,25H,7-9,12-13H2/t15-,16+,19+,20+/m0/s1. The molecule has 2 fully saturated rings. The minimum Gasteiger partial charge on any atom is -0.488 e. The van der Waals surface area contributed by atoms with E-state index in [1.165, 1.54) is 0 Å². The number of amides is 1. The Balaban J connectivity index is 1.37. The zero-order chi connectivity index (χ0) is 18.8. The summed E-state index contributed by atoms with van der Waals surface area (Å²) in [6.07, 6.45) is 4.43. The Hall–Kier alpha value is -2.11. The lowest BCUT2D eigenvalue weighted by Gasteiger charge is -2.35. The maximum absolute atomic E-state index is 12.6. The fourth-order valence-corrected chi connectivity index (χ4v) is 4.41. The van der Waals surface area contributed by atoms with E-state index in [0.717, 1.165) is 18.5 Å². The zero-order valence-corrected chi connectivity index (χ0v) is 15.8. The van der Waals surface area contributed by atoms with E-state index in [9.17, 15) is 9.90 Å². The van der Waals surface area contributed by atoms with Crippen molar-refractivity contribution < 1.29 is 14.6 Å². The van der Waals surface area contributed by atoms with Crippen LogP contribution in [0, 0.1) is 11.8 Å². The van der Waals surface area contributed by atoms with Crippen molar-refractivity contribution >= 4 is 17.5 Å². The molecule has 27 heavy (non-hydrogen) atoms. The third-order valence-electron chi connectivity index (χ3n) is 5.60. The van der Waals surface area contributed by atoms with Gasteiger partial charge >= 0.3 is 0 Å². The van der Waals surface area contributed by atoms with Gasteiger partial charge in [-0.1, -0.05) is 23.7 Å².